The molecule has 0 fully saturated rings. The van der Waals surface area contributed by atoms with E-state index in [1.807, 2.05) is 0 Å². The summed E-state index contributed by atoms with van der Waals surface area (Å²) in [7, 11) is 0. The van der Waals surface area contributed by atoms with Crippen molar-refractivity contribution in [2.75, 3.05) is 6.61 Å². The third kappa shape index (κ3) is 2.87. The zero-order valence-corrected chi connectivity index (χ0v) is 9.50. The predicted octanol–water partition coefficient (Wildman–Crippen LogP) is -4.42. The number of aliphatic hydroxyl groups is 1. The van der Waals surface area contributed by atoms with Gasteiger partial charge in [0.1, 0.15) is 0 Å². The standard InChI is InChI=1S/C3H6N4OS.K/c8-2-1-7-3(9)4-5-6-7;/h8H,1-2H2,(H,4,6,9);/q;+1/p-1. The van der Waals surface area contributed by atoms with Crippen molar-refractivity contribution >= 4 is 12.6 Å². The number of hydrogen-bond acceptors (Lipinski definition) is 5. The summed E-state index contributed by atoms with van der Waals surface area (Å²) in [5.74, 6) is 0. The Kier molecular flexibility index (Phi) is 6.02. The Morgan fingerprint density at radius 3 is 2.70 bits per heavy atom. The van der Waals surface area contributed by atoms with E-state index in [1.165, 1.54) is 4.68 Å². The molecule has 1 N–H and O–H groups in total. The fraction of sp³-hybridized carbons (Fsp3) is 0.667. The Hall–Kier alpha value is 0.886. The van der Waals surface area contributed by atoms with E-state index in [2.05, 4.69) is 28.2 Å². The second kappa shape index (κ2) is 5.53. The number of aromatic nitrogens is 4. The molecule has 1 aromatic heterocycles. The van der Waals surface area contributed by atoms with E-state index < -0.39 is 0 Å². The van der Waals surface area contributed by atoms with E-state index in [1.54, 1.807) is 0 Å². The molecule has 0 aliphatic rings. The molecule has 50 valence electrons. The molecular formula is C3H5KN4OS. The molecule has 0 spiro atoms. The van der Waals surface area contributed by atoms with Crippen molar-refractivity contribution in [1.29, 1.82) is 0 Å². The van der Waals surface area contributed by atoms with E-state index in [0.717, 1.165) is 0 Å². The van der Waals surface area contributed by atoms with Crippen LogP contribution in [0, 0.1) is 0 Å². The summed E-state index contributed by atoms with van der Waals surface area (Å²) in [5.41, 5.74) is 0. The summed E-state index contributed by atoms with van der Waals surface area (Å²) < 4.78 is 1.36. The van der Waals surface area contributed by atoms with Crippen molar-refractivity contribution in [2.45, 2.75) is 11.7 Å². The van der Waals surface area contributed by atoms with Gasteiger partial charge in [-0.05, 0) is 10.4 Å². The smallest absolute Gasteiger partial charge is 0.739 e. The molecule has 1 heterocycles. The predicted molar refractivity (Wildman–Crippen MR) is 30.5 cm³/mol. The summed E-state index contributed by atoms with van der Waals surface area (Å²) in [5, 5.41) is 18.9. The normalized spacial score (nSPS) is 8.90. The van der Waals surface area contributed by atoms with Gasteiger partial charge in [0, 0.05) is 5.16 Å². The number of hydrogen-bond donors (Lipinski definition) is 1. The Morgan fingerprint density at radius 2 is 2.30 bits per heavy atom. The monoisotopic (exact) mass is 184 g/mol. The second-order valence-corrected chi connectivity index (χ2v) is 1.77. The van der Waals surface area contributed by atoms with Crippen LogP contribution in [0.25, 0.3) is 0 Å². The fourth-order valence-electron chi connectivity index (χ4n) is 0.432. The first kappa shape index (κ1) is 10.9. The molecule has 7 heteroatoms. The molecule has 0 aliphatic heterocycles. The van der Waals surface area contributed by atoms with Crippen LogP contribution in [-0.4, -0.2) is 31.9 Å². The number of tetrazole rings is 1. The average molecular weight is 184 g/mol. The van der Waals surface area contributed by atoms with Crippen LogP contribution in [0.1, 0.15) is 0 Å². The van der Waals surface area contributed by atoms with Crippen molar-refractivity contribution in [2.24, 2.45) is 0 Å². The molecule has 0 amide bonds. The second-order valence-electron chi connectivity index (χ2n) is 1.41. The summed E-state index contributed by atoms with van der Waals surface area (Å²) in [6.45, 7) is 0.376. The Bertz CT molecular complexity index is 192. The number of rotatable bonds is 2. The zero-order valence-electron chi connectivity index (χ0n) is 5.56. The third-order valence-electron chi connectivity index (χ3n) is 0.811. The minimum atomic E-state index is 0. The van der Waals surface area contributed by atoms with Crippen molar-refractivity contribution in [3.63, 3.8) is 0 Å². The van der Waals surface area contributed by atoms with Gasteiger partial charge in [-0.1, -0.05) is 0 Å². The topological polar surface area (TPSA) is 63.8 Å². The molecule has 0 aromatic carbocycles. The van der Waals surface area contributed by atoms with Gasteiger partial charge < -0.3 is 17.7 Å². The summed E-state index contributed by atoms with van der Waals surface area (Å²) in [6.07, 6.45) is 0. The molecule has 1 rings (SSSR count). The van der Waals surface area contributed by atoms with Gasteiger partial charge in [-0.25, -0.2) is 4.68 Å². The van der Waals surface area contributed by atoms with Crippen molar-refractivity contribution in [3.05, 3.63) is 0 Å². The minimum absolute atomic E-state index is 0. The van der Waals surface area contributed by atoms with Gasteiger partial charge >= 0.3 is 51.4 Å². The molecule has 0 radical (unpaired) electrons. The minimum Gasteiger partial charge on any atom is -0.739 e. The molecular weight excluding hydrogens is 179 g/mol. The molecule has 0 saturated heterocycles. The molecule has 10 heavy (non-hydrogen) atoms. The maximum absolute atomic E-state index is 8.40. The molecule has 5 nitrogen and oxygen atoms in total. The average Bonchev–Trinajstić information content (AvgIpc) is 2.18. The van der Waals surface area contributed by atoms with Crippen LogP contribution in [0.2, 0.25) is 0 Å². The van der Waals surface area contributed by atoms with E-state index in [9.17, 15) is 0 Å². The van der Waals surface area contributed by atoms with Crippen molar-refractivity contribution in [3.8, 4) is 0 Å². The maximum Gasteiger partial charge on any atom is 1.00 e. The molecule has 0 aliphatic carbocycles. The molecule has 0 bridgehead atoms. The summed E-state index contributed by atoms with van der Waals surface area (Å²) in [6, 6.07) is 0. The van der Waals surface area contributed by atoms with Crippen LogP contribution >= 0.6 is 0 Å². The zero-order chi connectivity index (χ0) is 6.69. The summed E-state index contributed by atoms with van der Waals surface area (Å²) in [4.78, 5) is 0. The van der Waals surface area contributed by atoms with E-state index in [4.69, 9.17) is 5.11 Å². The fourth-order valence-corrected chi connectivity index (χ4v) is 0.596. The van der Waals surface area contributed by atoms with Gasteiger partial charge in [-0.15, -0.1) is 5.10 Å². The van der Waals surface area contributed by atoms with Crippen molar-refractivity contribution in [1.82, 2.24) is 20.2 Å². The Morgan fingerprint density at radius 1 is 1.60 bits per heavy atom. The third-order valence-corrected chi connectivity index (χ3v) is 1.10. The van der Waals surface area contributed by atoms with Gasteiger partial charge in [0.05, 0.1) is 13.2 Å². The number of aliphatic hydroxyl groups excluding tert-OH is 1. The van der Waals surface area contributed by atoms with Crippen molar-refractivity contribution < 1.29 is 56.5 Å². The van der Waals surface area contributed by atoms with E-state index >= 15 is 0 Å². The van der Waals surface area contributed by atoms with E-state index in [0.29, 0.717) is 11.7 Å². The van der Waals surface area contributed by atoms with Crippen LogP contribution in [-0.2, 0) is 19.2 Å². The van der Waals surface area contributed by atoms with Crippen LogP contribution in [0.15, 0.2) is 5.16 Å². The van der Waals surface area contributed by atoms with Gasteiger partial charge in [0.2, 0.25) is 0 Å². The van der Waals surface area contributed by atoms with Crippen LogP contribution < -0.4 is 51.4 Å². The molecule has 0 atom stereocenters. The first-order chi connectivity index (χ1) is 4.34. The first-order valence-corrected chi connectivity index (χ1v) is 2.79. The van der Waals surface area contributed by atoms with Crippen LogP contribution in [0.3, 0.4) is 0 Å². The Balaban J connectivity index is 0.000000810. The maximum atomic E-state index is 8.40. The van der Waals surface area contributed by atoms with Gasteiger partial charge in [0.15, 0.2) is 0 Å². The van der Waals surface area contributed by atoms with Gasteiger partial charge in [-0.3, -0.25) is 0 Å². The molecule has 0 unspecified atom stereocenters. The number of nitrogens with zero attached hydrogens (tertiary/aromatic N) is 4. The quantitative estimate of drug-likeness (QED) is 0.371. The SMILES string of the molecule is OCCn1nnnc1[S-].[K+]. The molecule has 1 aromatic rings. The Labute approximate surface area is 106 Å². The van der Waals surface area contributed by atoms with Gasteiger partial charge in [0.25, 0.3) is 0 Å². The first-order valence-electron chi connectivity index (χ1n) is 2.38. The molecule has 0 saturated carbocycles. The van der Waals surface area contributed by atoms with Crippen LogP contribution in [0.5, 0.6) is 0 Å². The van der Waals surface area contributed by atoms with Crippen LogP contribution in [0.4, 0.5) is 0 Å². The van der Waals surface area contributed by atoms with E-state index in [-0.39, 0.29) is 58.0 Å². The van der Waals surface area contributed by atoms with Gasteiger partial charge in [-0.2, -0.15) is 0 Å². The largest absolute Gasteiger partial charge is 1.00 e. The summed E-state index contributed by atoms with van der Waals surface area (Å²) >= 11 is 4.67.